The van der Waals surface area contributed by atoms with Crippen LogP contribution < -0.4 is 19.5 Å². The van der Waals surface area contributed by atoms with Crippen LogP contribution in [0.4, 0.5) is 5.69 Å². The van der Waals surface area contributed by atoms with Crippen LogP contribution >= 0.6 is 0 Å². The van der Waals surface area contributed by atoms with Gasteiger partial charge in [-0.25, -0.2) is 17.9 Å². The van der Waals surface area contributed by atoms with Gasteiger partial charge >= 0.3 is 5.97 Å². The van der Waals surface area contributed by atoms with E-state index < -0.39 is 16.0 Å². The zero-order chi connectivity index (χ0) is 22.3. The topological polar surface area (TPSA) is 120 Å². The fourth-order valence-electron chi connectivity index (χ4n) is 2.91. The van der Waals surface area contributed by atoms with E-state index in [0.29, 0.717) is 42.4 Å². The zero-order valence-electron chi connectivity index (χ0n) is 17.1. The highest BCUT2D eigenvalue weighted by Crippen LogP contribution is 2.31. The summed E-state index contributed by atoms with van der Waals surface area (Å²) >= 11 is 0. The standard InChI is InChI=1S/C21H24N2O7S/c1-28-21(25)15-5-2-6-16(13-15)23-20(24)7-3-10-22-31(26,27)17-8-9-18-19(14-17)30-12-4-11-29-18/h2,5-6,8-9,13-14,22H,3-4,7,10-12H2,1H3,(H,23,24). The summed E-state index contributed by atoms with van der Waals surface area (Å²) in [5, 5.41) is 2.68. The Hall–Kier alpha value is -3.11. The maximum absolute atomic E-state index is 12.5. The van der Waals surface area contributed by atoms with Crippen LogP contribution in [0.15, 0.2) is 47.4 Å². The molecule has 1 heterocycles. The molecule has 0 saturated heterocycles. The molecule has 31 heavy (non-hydrogen) atoms. The normalized spacial score (nSPS) is 13.2. The molecule has 2 aromatic rings. The minimum Gasteiger partial charge on any atom is -0.490 e. The van der Waals surface area contributed by atoms with E-state index >= 15 is 0 Å². The van der Waals surface area contributed by atoms with Crippen molar-refractivity contribution < 1.29 is 32.2 Å². The fraction of sp³-hybridized carbons (Fsp3) is 0.333. The molecular weight excluding hydrogens is 424 g/mol. The third-order valence-corrected chi connectivity index (χ3v) is 5.93. The third-order valence-electron chi connectivity index (χ3n) is 4.47. The Balaban J connectivity index is 1.49. The number of amides is 1. The number of rotatable bonds is 8. The number of fused-ring (bicyclic) bond motifs is 1. The van der Waals surface area contributed by atoms with Crippen molar-refractivity contribution in [3.8, 4) is 11.5 Å². The molecule has 3 rings (SSSR count). The van der Waals surface area contributed by atoms with E-state index in [0.717, 1.165) is 6.42 Å². The minimum atomic E-state index is -3.75. The highest BCUT2D eigenvalue weighted by atomic mass is 32.2. The zero-order valence-corrected chi connectivity index (χ0v) is 17.9. The molecule has 166 valence electrons. The number of hydrogen-bond donors (Lipinski definition) is 2. The molecule has 2 aromatic carbocycles. The Labute approximate surface area is 180 Å². The van der Waals surface area contributed by atoms with Gasteiger partial charge in [0.15, 0.2) is 11.5 Å². The molecule has 1 aliphatic heterocycles. The van der Waals surface area contributed by atoms with E-state index in [1.54, 1.807) is 24.3 Å². The first-order valence-electron chi connectivity index (χ1n) is 9.76. The summed E-state index contributed by atoms with van der Waals surface area (Å²) in [7, 11) is -2.47. The van der Waals surface area contributed by atoms with Crippen LogP contribution in [0.3, 0.4) is 0 Å². The number of methoxy groups -OCH3 is 1. The van der Waals surface area contributed by atoms with Crippen LogP contribution in [0.25, 0.3) is 0 Å². The molecule has 0 fully saturated rings. The Morgan fingerprint density at radius 2 is 1.84 bits per heavy atom. The number of sulfonamides is 1. The van der Waals surface area contributed by atoms with Gasteiger partial charge in [-0.15, -0.1) is 0 Å². The van der Waals surface area contributed by atoms with Gasteiger partial charge in [-0.1, -0.05) is 6.07 Å². The maximum Gasteiger partial charge on any atom is 0.337 e. The Bertz CT molecular complexity index is 1050. The van der Waals surface area contributed by atoms with E-state index in [1.165, 1.54) is 25.3 Å². The summed E-state index contributed by atoms with van der Waals surface area (Å²) in [5.41, 5.74) is 0.781. The number of hydrogen-bond acceptors (Lipinski definition) is 7. The van der Waals surface area contributed by atoms with Crippen LogP contribution in [-0.2, 0) is 19.6 Å². The Kier molecular flexibility index (Phi) is 7.48. The van der Waals surface area contributed by atoms with Gasteiger partial charge in [-0.05, 0) is 36.8 Å². The molecule has 9 nitrogen and oxygen atoms in total. The van der Waals surface area contributed by atoms with Crippen molar-refractivity contribution in [3.05, 3.63) is 48.0 Å². The number of carbonyl (C=O) groups excluding carboxylic acids is 2. The molecule has 1 aliphatic rings. The van der Waals surface area contributed by atoms with Crippen LogP contribution in [0.1, 0.15) is 29.6 Å². The maximum atomic E-state index is 12.5. The van der Waals surface area contributed by atoms with E-state index in [9.17, 15) is 18.0 Å². The third kappa shape index (κ3) is 6.19. The van der Waals surface area contributed by atoms with Crippen molar-refractivity contribution in [2.75, 3.05) is 32.2 Å². The molecule has 0 spiro atoms. The van der Waals surface area contributed by atoms with Gasteiger partial charge in [-0.3, -0.25) is 4.79 Å². The summed E-state index contributed by atoms with van der Waals surface area (Å²) in [5.74, 6) is 0.121. The highest BCUT2D eigenvalue weighted by molar-refractivity contribution is 7.89. The van der Waals surface area contributed by atoms with E-state index in [1.807, 2.05) is 0 Å². The molecule has 0 radical (unpaired) electrons. The molecule has 2 N–H and O–H groups in total. The number of carbonyl (C=O) groups is 2. The first-order chi connectivity index (χ1) is 14.9. The monoisotopic (exact) mass is 448 g/mol. The van der Waals surface area contributed by atoms with Crippen molar-refractivity contribution in [3.63, 3.8) is 0 Å². The molecule has 1 amide bonds. The molecular formula is C21H24N2O7S. The van der Waals surface area contributed by atoms with E-state index in [4.69, 9.17) is 9.47 Å². The molecule has 0 aromatic heterocycles. The van der Waals surface area contributed by atoms with Gasteiger partial charge in [0.2, 0.25) is 15.9 Å². The lowest BCUT2D eigenvalue weighted by Gasteiger charge is -2.11. The predicted octanol–water partition coefficient (Wildman–Crippen LogP) is 2.33. The van der Waals surface area contributed by atoms with Crippen LogP contribution in [-0.4, -0.2) is 47.2 Å². The van der Waals surface area contributed by atoms with Crippen molar-refractivity contribution in [2.24, 2.45) is 0 Å². The lowest BCUT2D eigenvalue weighted by molar-refractivity contribution is -0.116. The lowest BCUT2D eigenvalue weighted by Crippen LogP contribution is -2.25. The van der Waals surface area contributed by atoms with Crippen molar-refractivity contribution in [1.29, 1.82) is 0 Å². The first-order valence-corrected chi connectivity index (χ1v) is 11.2. The summed E-state index contributed by atoms with van der Waals surface area (Å²) in [6.07, 6.45) is 1.13. The molecule has 0 saturated carbocycles. The molecule has 0 unspecified atom stereocenters. The Morgan fingerprint density at radius 3 is 2.61 bits per heavy atom. The molecule has 10 heteroatoms. The van der Waals surface area contributed by atoms with Gasteiger partial charge < -0.3 is 19.5 Å². The fourth-order valence-corrected chi connectivity index (χ4v) is 4.00. The Morgan fingerprint density at radius 1 is 1.06 bits per heavy atom. The summed E-state index contributed by atoms with van der Waals surface area (Å²) in [4.78, 5) is 23.7. The summed E-state index contributed by atoms with van der Waals surface area (Å²) in [6, 6.07) is 10.8. The van der Waals surface area contributed by atoms with Gasteiger partial charge in [0.25, 0.3) is 0 Å². The lowest BCUT2D eigenvalue weighted by atomic mass is 10.2. The smallest absolute Gasteiger partial charge is 0.337 e. The average Bonchev–Trinajstić information content (AvgIpc) is 3.01. The second kappa shape index (κ2) is 10.3. The van der Waals surface area contributed by atoms with Crippen molar-refractivity contribution in [1.82, 2.24) is 4.72 Å². The van der Waals surface area contributed by atoms with Gasteiger partial charge in [0.05, 0.1) is 30.8 Å². The van der Waals surface area contributed by atoms with Gasteiger partial charge in [0.1, 0.15) is 0 Å². The number of ether oxygens (including phenoxy) is 3. The largest absolute Gasteiger partial charge is 0.490 e. The second-order valence-electron chi connectivity index (χ2n) is 6.78. The minimum absolute atomic E-state index is 0.0702. The van der Waals surface area contributed by atoms with E-state index in [2.05, 4.69) is 14.8 Å². The molecule has 0 aliphatic carbocycles. The van der Waals surface area contributed by atoms with Gasteiger partial charge in [-0.2, -0.15) is 0 Å². The predicted molar refractivity (Wildman–Crippen MR) is 113 cm³/mol. The van der Waals surface area contributed by atoms with Crippen molar-refractivity contribution in [2.45, 2.75) is 24.2 Å². The second-order valence-corrected chi connectivity index (χ2v) is 8.55. The quantitative estimate of drug-likeness (QED) is 0.470. The SMILES string of the molecule is COC(=O)c1cccc(NC(=O)CCCNS(=O)(=O)c2ccc3c(c2)OCCCO3)c1. The number of nitrogens with one attached hydrogen (secondary N) is 2. The van der Waals surface area contributed by atoms with Crippen LogP contribution in [0, 0.1) is 0 Å². The number of anilines is 1. The first kappa shape index (κ1) is 22.6. The molecule has 0 bridgehead atoms. The van der Waals surface area contributed by atoms with Crippen LogP contribution in [0.5, 0.6) is 11.5 Å². The summed E-state index contributed by atoms with van der Waals surface area (Å²) < 4.78 is 43.2. The average molecular weight is 448 g/mol. The number of esters is 1. The van der Waals surface area contributed by atoms with Gasteiger partial charge in [0, 0.05) is 31.1 Å². The van der Waals surface area contributed by atoms with Crippen molar-refractivity contribution >= 4 is 27.6 Å². The highest BCUT2D eigenvalue weighted by Gasteiger charge is 2.18. The summed E-state index contributed by atoms with van der Waals surface area (Å²) in [6.45, 7) is 1.07. The number of benzene rings is 2. The molecule has 0 atom stereocenters. The van der Waals surface area contributed by atoms with Crippen LogP contribution in [0.2, 0.25) is 0 Å². The van der Waals surface area contributed by atoms with E-state index in [-0.39, 0.29) is 23.8 Å².